The Morgan fingerprint density at radius 1 is 1.73 bits per heavy atom. The lowest BCUT2D eigenvalue weighted by molar-refractivity contribution is -0.136. The number of hydrogen-bond donors (Lipinski definition) is 2. The predicted molar refractivity (Wildman–Crippen MR) is 37.9 cm³/mol. The van der Waals surface area contributed by atoms with Gasteiger partial charge >= 0.3 is 0 Å². The van der Waals surface area contributed by atoms with Crippen molar-refractivity contribution in [3.63, 3.8) is 0 Å². The Morgan fingerprint density at radius 3 is 2.64 bits per heavy atom. The molecule has 2 N–H and O–H groups in total. The smallest absolute Gasteiger partial charge is 0.183 e. The maximum absolute atomic E-state index is 9.50. The van der Waals surface area contributed by atoms with Crippen molar-refractivity contribution in [2.24, 2.45) is 5.41 Å². The summed E-state index contributed by atoms with van der Waals surface area (Å²) in [7, 11) is 1.47. The largest absolute Gasteiger partial charge is 0.396 e. The Kier molecular flexibility index (Phi) is 2.49. The lowest BCUT2D eigenvalue weighted by Gasteiger charge is -2.23. The predicted octanol–water partition coefficient (Wildman–Crippen LogP) is -0.651. The molecule has 66 valence electrons. The summed E-state index contributed by atoms with van der Waals surface area (Å²) in [5.41, 5.74) is -0.569. The topological polar surface area (TPSA) is 58.9 Å². The zero-order valence-electron chi connectivity index (χ0n) is 6.78. The normalized spacial score (nSPS) is 44.7. The van der Waals surface area contributed by atoms with Gasteiger partial charge < -0.3 is 19.7 Å². The summed E-state index contributed by atoms with van der Waals surface area (Å²) in [5.74, 6) is 0. The molecule has 3 atom stereocenters. The Labute approximate surface area is 65.7 Å². The van der Waals surface area contributed by atoms with Crippen LogP contribution in [0.4, 0.5) is 0 Å². The third-order valence-corrected chi connectivity index (χ3v) is 2.14. The van der Waals surface area contributed by atoms with Crippen LogP contribution in [0.1, 0.15) is 6.92 Å². The van der Waals surface area contributed by atoms with Crippen molar-refractivity contribution in [1.29, 1.82) is 0 Å². The standard InChI is InChI=1S/C7H14O4/c1-7(3-8)4-11-6(10-2)5(7)9/h5-6,8-9H,3-4H2,1-2H3/t5-,6+,7-/m0/s1. The van der Waals surface area contributed by atoms with E-state index in [0.29, 0.717) is 6.61 Å². The molecule has 0 aromatic rings. The first-order valence-corrected chi connectivity index (χ1v) is 3.57. The van der Waals surface area contributed by atoms with Gasteiger partial charge in [0.15, 0.2) is 6.29 Å². The molecule has 0 saturated carbocycles. The monoisotopic (exact) mass is 162 g/mol. The molecule has 0 amide bonds. The van der Waals surface area contributed by atoms with Crippen LogP contribution in [-0.4, -0.2) is 42.9 Å². The molecule has 0 spiro atoms. The molecule has 4 heteroatoms. The van der Waals surface area contributed by atoms with Crippen LogP contribution in [0.2, 0.25) is 0 Å². The molecule has 0 radical (unpaired) electrons. The average molecular weight is 162 g/mol. The molecular formula is C7H14O4. The number of hydrogen-bond acceptors (Lipinski definition) is 4. The maximum Gasteiger partial charge on any atom is 0.183 e. The molecule has 0 aromatic carbocycles. The molecule has 0 aromatic heterocycles. The van der Waals surface area contributed by atoms with Crippen molar-refractivity contribution in [2.75, 3.05) is 20.3 Å². The van der Waals surface area contributed by atoms with E-state index in [0.717, 1.165) is 0 Å². The van der Waals surface area contributed by atoms with E-state index in [1.807, 2.05) is 0 Å². The molecule has 1 aliphatic heterocycles. The van der Waals surface area contributed by atoms with E-state index in [1.165, 1.54) is 7.11 Å². The molecule has 1 saturated heterocycles. The molecule has 11 heavy (non-hydrogen) atoms. The van der Waals surface area contributed by atoms with Gasteiger partial charge in [-0.05, 0) is 0 Å². The maximum atomic E-state index is 9.50. The first-order chi connectivity index (χ1) is 5.14. The van der Waals surface area contributed by atoms with Crippen molar-refractivity contribution in [3.8, 4) is 0 Å². The highest BCUT2D eigenvalue weighted by Gasteiger charge is 2.45. The molecular weight excluding hydrogens is 148 g/mol. The molecule has 1 fully saturated rings. The second kappa shape index (κ2) is 3.06. The Hall–Kier alpha value is -0.160. The van der Waals surface area contributed by atoms with Crippen LogP contribution in [0.3, 0.4) is 0 Å². The quantitative estimate of drug-likeness (QED) is 0.566. The fraction of sp³-hybridized carbons (Fsp3) is 1.00. The van der Waals surface area contributed by atoms with Gasteiger partial charge in [0, 0.05) is 12.5 Å². The van der Waals surface area contributed by atoms with Crippen molar-refractivity contribution >= 4 is 0 Å². The van der Waals surface area contributed by atoms with E-state index in [9.17, 15) is 5.11 Å². The Bertz CT molecular complexity index is 138. The number of aliphatic hydroxyl groups excluding tert-OH is 2. The van der Waals surface area contributed by atoms with E-state index >= 15 is 0 Å². The van der Waals surface area contributed by atoms with Gasteiger partial charge in [0.25, 0.3) is 0 Å². The molecule has 0 aliphatic carbocycles. The number of aliphatic hydroxyl groups is 2. The zero-order valence-corrected chi connectivity index (χ0v) is 6.78. The highest BCUT2D eigenvalue weighted by Crippen LogP contribution is 2.32. The first kappa shape index (κ1) is 8.93. The second-order valence-electron chi connectivity index (χ2n) is 3.17. The summed E-state index contributed by atoms with van der Waals surface area (Å²) in [6.45, 7) is 2.01. The van der Waals surface area contributed by atoms with Gasteiger partial charge in [-0.1, -0.05) is 6.92 Å². The summed E-state index contributed by atoms with van der Waals surface area (Å²) >= 11 is 0. The fourth-order valence-electron chi connectivity index (χ4n) is 1.11. The van der Waals surface area contributed by atoms with E-state index in [1.54, 1.807) is 6.92 Å². The van der Waals surface area contributed by atoms with Gasteiger partial charge in [-0.2, -0.15) is 0 Å². The molecule has 1 heterocycles. The third-order valence-electron chi connectivity index (χ3n) is 2.14. The minimum atomic E-state index is -0.738. The highest BCUT2D eigenvalue weighted by molar-refractivity contribution is 4.89. The van der Waals surface area contributed by atoms with Crippen molar-refractivity contribution in [3.05, 3.63) is 0 Å². The third kappa shape index (κ3) is 1.39. The highest BCUT2D eigenvalue weighted by atomic mass is 16.7. The van der Waals surface area contributed by atoms with Crippen LogP contribution in [0, 0.1) is 5.41 Å². The van der Waals surface area contributed by atoms with E-state index in [4.69, 9.17) is 14.6 Å². The van der Waals surface area contributed by atoms with Gasteiger partial charge in [-0.25, -0.2) is 0 Å². The Balaban J connectivity index is 2.61. The summed E-state index contributed by atoms with van der Waals surface area (Å²) in [4.78, 5) is 0. The molecule has 1 rings (SSSR count). The fourth-order valence-corrected chi connectivity index (χ4v) is 1.11. The summed E-state index contributed by atoms with van der Waals surface area (Å²) in [6, 6.07) is 0. The average Bonchev–Trinajstić information content (AvgIpc) is 2.31. The van der Waals surface area contributed by atoms with E-state index in [-0.39, 0.29) is 6.61 Å². The van der Waals surface area contributed by atoms with E-state index in [2.05, 4.69) is 0 Å². The summed E-state index contributed by atoms with van der Waals surface area (Å²) < 4.78 is 9.93. The van der Waals surface area contributed by atoms with Gasteiger partial charge in [0.05, 0.1) is 13.2 Å². The molecule has 0 bridgehead atoms. The van der Waals surface area contributed by atoms with Gasteiger partial charge in [-0.3, -0.25) is 0 Å². The van der Waals surface area contributed by atoms with Gasteiger partial charge in [0.2, 0.25) is 0 Å². The number of ether oxygens (including phenoxy) is 2. The summed E-state index contributed by atoms with van der Waals surface area (Å²) in [6.07, 6.45) is -1.33. The second-order valence-corrected chi connectivity index (χ2v) is 3.17. The van der Waals surface area contributed by atoms with Crippen LogP contribution in [0.25, 0.3) is 0 Å². The van der Waals surface area contributed by atoms with Crippen molar-refractivity contribution in [1.82, 2.24) is 0 Å². The molecule has 0 unspecified atom stereocenters. The SMILES string of the molecule is CO[C@@H]1OC[C@](C)(CO)[C@H]1O. The number of rotatable bonds is 2. The van der Waals surface area contributed by atoms with Crippen LogP contribution in [0.5, 0.6) is 0 Å². The lowest BCUT2D eigenvalue weighted by Crippen LogP contribution is -2.38. The Morgan fingerprint density at radius 2 is 2.36 bits per heavy atom. The van der Waals surface area contributed by atoms with Crippen molar-refractivity contribution < 1.29 is 19.7 Å². The van der Waals surface area contributed by atoms with Crippen LogP contribution in [0.15, 0.2) is 0 Å². The number of methoxy groups -OCH3 is 1. The van der Waals surface area contributed by atoms with Crippen LogP contribution >= 0.6 is 0 Å². The van der Waals surface area contributed by atoms with Gasteiger partial charge in [-0.15, -0.1) is 0 Å². The minimum absolute atomic E-state index is 0.0893. The molecule has 1 aliphatic rings. The lowest BCUT2D eigenvalue weighted by atomic mass is 9.88. The van der Waals surface area contributed by atoms with Crippen LogP contribution in [-0.2, 0) is 9.47 Å². The minimum Gasteiger partial charge on any atom is -0.396 e. The summed E-state index contributed by atoms with van der Waals surface area (Å²) in [5, 5.41) is 18.4. The van der Waals surface area contributed by atoms with Crippen LogP contribution < -0.4 is 0 Å². The van der Waals surface area contributed by atoms with E-state index < -0.39 is 17.8 Å². The van der Waals surface area contributed by atoms with Crippen molar-refractivity contribution in [2.45, 2.75) is 19.3 Å². The molecule has 4 nitrogen and oxygen atoms in total. The first-order valence-electron chi connectivity index (χ1n) is 3.57. The van der Waals surface area contributed by atoms with Gasteiger partial charge in [0.1, 0.15) is 6.10 Å². The zero-order chi connectivity index (χ0) is 8.48.